The molecular weight excluding hydrogens is 430 g/mol. The van der Waals surface area contributed by atoms with Crippen LogP contribution in [-0.4, -0.2) is 28.3 Å². The predicted molar refractivity (Wildman–Crippen MR) is 130 cm³/mol. The number of nitrogens with one attached hydrogen (secondary N) is 1. The largest absolute Gasteiger partial charge is 0.461 e. The van der Waals surface area contributed by atoms with Crippen LogP contribution >= 0.6 is 0 Å². The fraction of sp³-hybridized carbons (Fsp3) is 0.222. The molecule has 174 valence electrons. The van der Waals surface area contributed by atoms with Crippen molar-refractivity contribution in [2.24, 2.45) is 0 Å². The molecule has 0 bridgehead atoms. The van der Waals surface area contributed by atoms with Gasteiger partial charge in [-0.2, -0.15) is 5.10 Å². The van der Waals surface area contributed by atoms with Crippen LogP contribution in [0.1, 0.15) is 29.1 Å². The summed E-state index contributed by atoms with van der Waals surface area (Å²) in [5.74, 6) is 0.569. The Labute approximate surface area is 198 Å². The minimum absolute atomic E-state index is 0.123. The summed E-state index contributed by atoms with van der Waals surface area (Å²) in [6.45, 7) is 5.37. The zero-order valence-corrected chi connectivity index (χ0v) is 19.5. The van der Waals surface area contributed by atoms with Gasteiger partial charge in [-0.05, 0) is 45.0 Å². The van der Waals surface area contributed by atoms with Gasteiger partial charge >= 0.3 is 5.97 Å². The molecule has 0 fully saturated rings. The third kappa shape index (κ3) is 5.43. The number of hydrogen-bond acceptors (Lipinski definition) is 5. The van der Waals surface area contributed by atoms with E-state index < -0.39 is 11.9 Å². The molecule has 1 N–H and O–H groups in total. The summed E-state index contributed by atoms with van der Waals surface area (Å²) in [5, 5.41) is 7.34. The topological polar surface area (TPSA) is 86.4 Å². The van der Waals surface area contributed by atoms with E-state index in [4.69, 9.17) is 9.15 Å². The van der Waals surface area contributed by atoms with Crippen LogP contribution in [0.3, 0.4) is 0 Å². The molecule has 2 aromatic heterocycles. The molecule has 2 heterocycles. The van der Waals surface area contributed by atoms with Crippen molar-refractivity contribution in [3.8, 4) is 17.0 Å². The zero-order valence-electron chi connectivity index (χ0n) is 19.5. The van der Waals surface area contributed by atoms with Gasteiger partial charge in [0.15, 0.2) is 6.61 Å². The van der Waals surface area contributed by atoms with Gasteiger partial charge in [-0.3, -0.25) is 9.59 Å². The van der Waals surface area contributed by atoms with E-state index in [9.17, 15) is 9.59 Å². The molecule has 2 aromatic carbocycles. The van der Waals surface area contributed by atoms with Crippen molar-refractivity contribution in [2.45, 2.75) is 33.6 Å². The van der Waals surface area contributed by atoms with Crippen LogP contribution in [0.4, 0.5) is 5.69 Å². The molecule has 0 unspecified atom stereocenters. The van der Waals surface area contributed by atoms with Crippen molar-refractivity contribution in [3.05, 3.63) is 89.4 Å². The lowest BCUT2D eigenvalue weighted by atomic mass is 10.2. The van der Waals surface area contributed by atoms with Gasteiger partial charge in [0.2, 0.25) is 0 Å². The Morgan fingerprint density at radius 1 is 0.971 bits per heavy atom. The summed E-state index contributed by atoms with van der Waals surface area (Å²) in [6, 6.07) is 21.4. The molecule has 7 heteroatoms. The van der Waals surface area contributed by atoms with Crippen LogP contribution in [0.5, 0.6) is 0 Å². The third-order valence-corrected chi connectivity index (χ3v) is 5.49. The number of benzene rings is 2. The van der Waals surface area contributed by atoms with Gasteiger partial charge in [-0.25, -0.2) is 4.68 Å². The number of carbonyl (C=O) groups excluding carboxylic acids is 2. The summed E-state index contributed by atoms with van der Waals surface area (Å²) >= 11 is 0. The van der Waals surface area contributed by atoms with E-state index in [0.29, 0.717) is 23.6 Å². The van der Waals surface area contributed by atoms with Crippen molar-refractivity contribution in [1.29, 1.82) is 0 Å². The highest BCUT2D eigenvalue weighted by Gasteiger charge is 2.16. The second kappa shape index (κ2) is 10.2. The first-order chi connectivity index (χ1) is 16.4. The van der Waals surface area contributed by atoms with E-state index in [1.165, 1.54) is 0 Å². The van der Waals surface area contributed by atoms with Crippen LogP contribution in [-0.2, 0) is 20.7 Å². The van der Waals surface area contributed by atoms with Gasteiger partial charge in [0, 0.05) is 12.0 Å². The van der Waals surface area contributed by atoms with Crippen molar-refractivity contribution in [2.75, 3.05) is 11.9 Å². The third-order valence-electron chi connectivity index (χ3n) is 5.49. The number of ether oxygens (including phenoxy) is 1. The maximum Gasteiger partial charge on any atom is 0.306 e. The highest BCUT2D eigenvalue weighted by molar-refractivity contribution is 5.94. The highest BCUT2D eigenvalue weighted by Crippen LogP contribution is 2.24. The lowest BCUT2D eigenvalue weighted by Crippen LogP contribution is -2.21. The lowest BCUT2D eigenvalue weighted by Gasteiger charge is -2.08. The van der Waals surface area contributed by atoms with E-state index >= 15 is 0 Å². The lowest BCUT2D eigenvalue weighted by molar-refractivity contribution is -0.147. The van der Waals surface area contributed by atoms with Crippen LogP contribution < -0.4 is 5.32 Å². The van der Waals surface area contributed by atoms with Gasteiger partial charge in [0.05, 0.1) is 29.2 Å². The molecule has 7 nitrogen and oxygen atoms in total. The van der Waals surface area contributed by atoms with E-state index in [1.54, 1.807) is 4.68 Å². The van der Waals surface area contributed by atoms with Gasteiger partial charge in [0.25, 0.3) is 5.91 Å². The van der Waals surface area contributed by atoms with Crippen LogP contribution in [0, 0.1) is 20.8 Å². The number of nitrogens with zero attached hydrogens (tertiary/aromatic N) is 2. The molecule has 1 amide bonds. The maximum atomic E-state index is 12.4. The first kappa shape index (κ1) is 23.0. The van der Waals surface area contributed by atoms with Crippen LogP contribution in [0.2, 0.25) is 0 Å². The molecule has 0 atom stereocenters. The quantitative estimate of drug-likeness (QED) is 0.369. The number of hydrogen-bond donors (Lipinski definition) is 1. The first-order valence-corrected chi connectivity index (χ1v) is 11.1. The van der Waals surface area contributed by atoms with Gasteiger partial charge in [-0.15, -0.1) is 0 Å². The normalized spacial score (nSPS) is 10.8. The monoisotopic (exact) mass is 457 g/mol. The van der Waals surface area contributed by atoms with Crippen molar-refractivity contribution in [3.63, 3.8) is 0 Å². The number of carbonyl (C=O) groups is 2. The van der Waals surface area contributed by atoms with Gasteiger partial charge in [0.1, 0.15) is 11.5 Å². The van der Waals surface area contributed by atoms with Gasteiger partial charge in [-0.1, -0.05) is 48.0 Å². The molecule has 0 saturated carbocycles. The van der Waals surface area contributed by atoms with E-state index in [0.717, 1.165) is 28.3 Å². The Kier molecular flexibility index (Phi) is 6.92. The number of anilines is 1. The zero-order chi connectivity index (χ0) is 24.1. The number of aromatic nitrogens is 2. The molecule has 0 aliphatic rings. The Morgan fingerprint density at radius 3 is 2.44 bits per heavy atom. The number of rotatable bonds is 8. The smallest absolute Gasteiger partial charge is 0.306 e. The van der Waals surface area contributed by atoms with E-state index in [2.05, 4.69) is 10.4 Å². The molecule has 0 spiro atoms. The Hall–Kier alpha value is -4.13. The molecule has 0 aliphatic heterocycles. The summed E-state index contributed by atoms with van der Waals surface area (Å²) in [7, 11) is 0. The summed E-state index contributed by atoms with van der Waals surface area (Å²) in [4.78, 5) is 24.5. The average Bonchev–Trinajstić information content (AvgIpc) is 3.43. The van der Waals surface area contributed by atoms with Crippen molar-refractivity contribution < 1.29 is 18.7 Å². The van der Waals surface area contributed by atoms with Gasteiger partial charge < -0.3 is 14.5 Å². The molecular formula is C27H27N3O4. The maximum absolute atomic E-state index is 12.4. The predicted octanol–water partition coefficient (Wildman–Crippen LogP) is 5.17. The molecule has 0 radical (unpaired) electrons. The fourth-order valence-electron chi connectivity index (χ4n) is 3.65. The van der Waals surface area contributed by atoms with Crippen molar-refractivity contribution >= 4 is 17.6 Å². The minimum Gasteiger partial charge on any atom is -0.461 e. The fourth-order valence-corrected chi connectivity index (χ4v) is 3.65. The summed E-state index contributed by atoms with van der Waals surface area (Å²) in [6.07, 6.45) is 0.521. The molecule has 4 aromatic rings. The Morgan fingerprint density at radius 2 is 1.71 bits per heavy atom. The summed E-state index contributed by atoms with van der Waals surface area (Å²) < 4.78 is 12.7. The average molecular weight is 458 g/mol. The SMILES string of the molecule is Cc1ccc(-n2nc(C)c(NC(=O)COC(=O)CCc3ccc(-c4ccccc4)o3)c2C)cc1. The number of esters is 1. The van der Waals surface area contributed by atoms with Crippen LogP contribution in [0.25, 0.3) is 17.0 Å². The molecule has 34 heavy (non-hydrogen) atoms. The Balaban J connectivity index is 1.28. The molecule has 0 aliphatic carbocycles. The van der Waals surface area contributed by atoms with Crippen LogP contribution in [0.15, 0.2) is 71.1 Å². The summed E-state index contributed by atoms with van der Waals surface area (Å²) in [5.41, 5.74) is 5.14. The molecule has 4 rings (SSSR count). The second-order valence-electron chi connectivity index (χ2n) is 8.13. The number of aryl methyl sites for hydroxylation is 3. The second-order valence-corrected chi connectivity index (χ2v) is 8.13. The minimum atomic E-state index is -0.461. The first-order valence-electron chi connectivity index (χ1n) is 11.1. The van der Waals surface area contributed by atoms with E-state index in [1.807, 2.05) is 87.5 Å². The highest BCUT2D eigenvalue weighted by atomic mass is 16.5. The van der Waals surface area contributed by atoms with Crippen molar-refractivity contribution in [1.82, 2.24) is 9.78 Å². The Bertz CT molecular complexity index is 1290. The number of furan rings is 1. The van der Waals surface area contributed by atoms with E-state index in [-0.39, 0.29) is 13.0 Å². The molecule has 0 saturated heterocycles. The number of amides is 1. The standard InChI is InChI=1S/C27H27N3O4/c1-18-9-11-22(12-10-18)30-20(3)27(19(2)29-30)28-25(31)17-33-26(32)16-14-23-13-15-24(34-23)21-7-5-4-6-8-21/h4-13,15H,14,16-17H2,1-3H3,(H,28,31).